The van der Waals surface area contributed by atoms with Crippen molar-refractivity contribution < 1.29 is 0 Å². The van der Waals surface area contributed by atoms with Crippen LogP contribution in [0.5, 0.6) is 0 Å². The maximum atomic E-state index is 5.57. The third-order valence-electron chi connectivity index (χ3n) is 3.73. The summed E-state index contributed by atoms with van der Waals surface area (Å²) in [7, 11) is 0. The van der Waals surface area contributed by atoms with E-state index in [9.17, 15) is 0 Å². The number of hydrogen-bond donors (Lipinski definition) is 1. The minimum absolute atomic E-state index is 0.420. The average molecular weight is 207 g/mol. The number of hydrogen-bond acceptors (Lipinski definition) is 4. The molecule has 0 aromatic carbocycles. The van der Waals surface area contributed by atoms with Gasteiger partial charge in [-0.05, 0) is 32.4 Å². The molecule has 3 rings (SSSR count). The highest BCUT2D eigenvalue weighted by atomic mass is 15.5. The van der Waals surface area contributed by atoms with Gasteiger partial charge in [0, 0.05) is 12.0 Å². The Hall–Kier alpha value is -1.10. The van der Waals surface area contributed by atoms with Crippen molar-refractivity contribution in [3.05, 3.63) is 6.20 Å². The van der Waals surface area contributed by atoms with E-state index >= 15 is 0 Å². The largest absolute Gasteiger partial charge is 0.381 e. The van der Waals surface area contributed by atoms with Crippen molar-refractivity contribution in [2.45, 2.75) is 25.8 Å². The summed E-state index contributed by atoms with van der Waals surface area (Å²) in [5, 5.41) is 8.36. The molecule has 5 nitrogen and oxygen atoms in total. The molecule has 2 fully saturated rings. The fourth-order valence-electron chi connectivity index (χ4n) is 3.00. The summed E-state index contributed by atoms with van der Waals surface area (Å²) < 4.78 is 0. The van der Waals surface area contributed by atoms with Crippen LogP contribution in [0.2, 0.25) is 0 Å². The van der Waals surface area contributed by atoms with Crippen LogP contribution in [-0.2, 0) is 6.54 Å². The molecule has 2 atom stereocenters. The van der Waals surface area contributed by atoms with Gasteiger partial charge in [-0.3, -0.25) is 0 Å². The van der Waals surface area contributed by atoms with Gasteiger partial charge < -0.3 is 10.6 Å². The molecule has 2 unspecified atom stereocenters. The Morgan fingerprint density at radius 2 is 2.33 bits per heavy atom. The first-order valence-corrected chi connectivity index (χ1v) is 5.64. The van der Waals surface area contributed by atoms with Crippen LogP contribution in [0.1, 0.15) is 19.3 Å². The van der Waals surface area contributed by atoms with E-state index in [0.29, 0.717) is 11.2 Å². The van der Waals surface area contributed by atoms with E-state index in [4.69, 9.17) is 5.73 Å². The van der Waals surface area contributed by atoms with Gasteiger partial charge in [-0.15, -0.1) is 5.10 Å². The number of fused-ring (bicyclic) bond motifs is 2. The molecule has 15 heavy (non-hydrogen) atoms. The summed E-state index contributed by atoms with van der Waals surface area (Å²) in [4.78, 5) is 4.32. The number of nitrogens with two attached hydrogens (primary N) is 1. The highest BCUT2D eigenvalue weighted by Crippen LogP contribution is 2.40. The van der Waals surface area contributed by atoms with Crippen LogP contribution in [-0.4, -0.2) is 39.5 Å². The van der Waals surface area contributed by atoms with Crippen molar-refractivity contribution in [3.8, 4) is 0 Å². The zero-order valence-corrected chi connectivity index (χ0v) is 8.89. The average Bonchev–Trinajstić information content (AvgIpc) is 2.73. The van der Waals surface area contributed by atoms with Crippen molar-refractivity contribution in [3.63, 3.8) is 0 Å². The van der Waals surface area contributed by atoms with Crippen LogP contribution in [0.15, 0.2) is 6.20 Å². The van der Waals surface area contributed by atoms with Gasteiger partial charge in [-0.2, -0.15) is 9.90 Å². The summed E-state index contributed by atoms with van der Waals surface area (Å²) in [6, 6.07) is 0. The maximum absolute atomic E-state index is 5.57. The Balaban J connectivity index is 1.77. The molecule has 2 N–H and O–H groups in total. The molecule has 0 aliphatic carbocycles. The van der Waals surface area contributed by atoms with E-state index < -0.39 is 0 Å². The Bertz CT molecular complexity index is 356. The van der Waals surface area contributed by atoms with Crippen molar-refractivity contribution in [1.82, 2.24) is 19.9 Å². The summed E-state index contributed by atoms with van der Waals surface area (Å²) in [6.45, 7) is 4.67. The Labute approximate surface area is 89.2 Å². The quantitative estimate of drug-likeness (QED) is 0.760. The first-order valence-electron chi connectivity index (χ1n) is 5.64. The zero-order valence-electron chi connectivity index (χ0n) is 8.89. The fraction of sp³-hybridized carbons (Fsp3) is 0.800. The second-order valence-corrected chi connectivity index (χ2v) is 4.93. The molecular formula is C10H17N5. The molecule has 0 saturated carbocycles. The molecule has 0 radical (unpaired) electrons. The molecule has 2 aliphatic heterocycles. The number of anilines is 1. The van der Waals surface area contributed by atoms with E-state index in [2.05, 4.69) is 15.1 Å². The van der Waals surface area contributed by atoms with Crippen LogP contribution in [0.3, 0.4) is 0 Å². The van der Waals surface area contributed by atoms with Crippen molar-refractivity contribution in [2.75, 3.05) is 25.4 Å². The highest BCUT2D eigenvalue weighted by Gasteiger charge is 2.41. The third-order valence-corrected chi connectivity index (χ3v) is 3.73. The Morgan fingerprint density at radius 1 is 1.40 bits per heavy atom. The Morgan fingerprint density at radius 3 is 3.13 bits per heavy atom. The normalized spacial score (nSPS) is 34.5. The molecule has 3 heterocycles. The fourth-order valence-corrected chi connectivity index (χ4v) is 3.00. The van der Waals surface area contributed by atoms with Gasteiger partial charge in [0.25, 0.3) is 0 Å². The van der Waals surface area contributed by atoms with Gasteiger partial charge in [0.15, 0.2) is 5.82 Å². The predicted octanol–water partition coefficient (Wildman–Crippen LogP) is 0.346. The molecule has 0 spiro atoms. The molecule has 2 saturated heterocycles. The number of piperidine rings is 1. The van der Waals surface area contributed by atoms with Gasteiger partial charge in [0.05, 0.1) is 12.7 Å². The van der Waals surface area contributed by atoms with Crippen molar-refractivity contribution in [1.29, 1.82) is 0 Å². The lowest BCUT2D eigenvalue weighted by atomic mass is 9.81. The lowest BCUT2D eigenvalue weighted by Crippen LogP contribution is -2.37. The van der Waals surface area contributed by atoms with Gasteiger partial charge >= 0.3 is 0 Å². The van der Waals surface area contributed by atoms with Gasteiger partial charge in [0.1, 0.15) is 0 Å². The van der Waals surface area contributed by atoms with Gasteiger partial charge in [-0.1, -0.05) is 0 Å². The second kappa shape index (κ2) is 3.20. The molecule has 1 aromatic rings. The summed E-state index contributed by atoms with van der Waals surface area (Å²) >= 11 is 0. The van der Waals surface area contributed by atoms with E-state index in [1.165, 1.54) is 38.9 Å². The van der Waals surface area contributed by atoms with E-state index in [1.54, 1.807) is 11.0 Å². The smallest absolute Gasteiger partial charge is 0.165 e. The number of nitrogen functional groups attached to an aromatic ring is 1. The van der Waals surface area contributed by atoms with Gasteiger partial charge in [0.2, 0.25) is 0 Å². The predicted molar refractivity (Wildman–Crippen MR) is 57.2 cm³/mol. The highest BCUT2D eigenvalue weighted by molar-refractivity contribution is 5.19. The van der Waals surface area contributed by atoms with E-state index in [1.807, 2.05) is 0 Å². The zero-order chi connectivity index (χ0) is 10.3. The molecular weight excluding hydrogens is 190 g/mol. The number of nitrogens with zero attached hydrogens (tertiary/aromatic N) is 4. The summed E-state index contributed by atoms with van der Waals surface area (Å²) in [6.07, 6.45) is 5.54. The molecule has 82 valence electrons. The number of rotatable bonds is 2. The van der Waals surface area contributed by atoms with E-state index in [-0.39, 0.29) is 0 Å². The monoisotopic (exact) mass is 207 g/mol. The first kappa shape index (κ1) is 9.15. The van der Waals surface area contributed by atoms with Crippen LogP contribution < -0.4 is 5.73 Å². The first-order chi connectivity index (χ1) is 7.26. The molecule has 2 aliphatic rings. The summed E-state index contributed by atoms with van der Waals surface area (Å²) in [5.41, 5.74) is 5.99. The Kier molecular flexibility index (Phi) is 1.95. The van der Waals surface area contributed by atoms with Crippen LogP contribution >= 0.6 is 0 Å². The SMILES string of the molecule is Nc1cnn(CC23CCCN(CC2)C3)n1. The minimum Gasteiger partial charge on any atom is -0.381 e. The van der Waals surface area contributed by atoms with Gasteiger partial charge in [-0.25, -0.2) is 0 Å². The second-order valence-electron chi connectivity index (χ2n) is 4.93. The van der Waals surface area contributed by atoms with Crippen molar-refractivity contribution in [2.24, 2.45) is 5.41 Å². The lowest BCUT2D eigenvalue weighted by molar-refractivity contribution is 0.147. The molecule has 2 bridgehead atoms. The third kappa shape index (κ3) is 1.61. The lowest BCUT2D eigenvalue weighted by Gasteiger charge is -2.33. The molecule has 1 aromatic heterocycles. The maximum Gasteiger partial charge on any atom is 0.165 e. The molecule has 5 heteroatoms. The van der Waals surface area contributed by atoms with Crippen molar-refractivity contribution >= 4 is 5.82 Å². The minimum atomic E-state index is 0.420. The topological polar surface area (TPSA) is 60.0 Å². The number of aromatic nitrogens is 3. The van der Waals surface area contributed by atoms with E-state index in [0.717, 1.165) is 6.54 Å². The van der Waals surface area contributed by atoms with Crippen LogP contribution in [0.25, 0.3) is 0 Å². The molecule has 0 amide bonds. The van der Waals surface area contributed by atoms with Crippen LogP contribution in [0.4, 0.5) is 5.82 Å². The van der Waals surface area contributed by atoms with Crippen LogP contribution in [0, 0.1) is 5.41 Å². The standard InChI is InChI=1S/C10H17N5/c11-9-6-12-15(13-9)8-10-2-1-4-14(7-10)5-3-10/h6H,1-5,7-8H2,(H2,11,13). The summed E-state index contributed by atoms with van der Waals surface area (Å²) in [5.74, 6) is 0.525.